The van der Waals surface area contributed by atoms with Gasteiger partial charge in [-0.15, -0.1) is 0 Å². The van der Waals surface area contributed by atoms with Crippen LogP contribution in [0.3, 0.4) is 0 Å². The second-order valence-electron chi connectivity index (χ2n) is 16.1. The molecule has 1 heteroatoms. The van der Waals surface area contributed by atoms with Crippen molar-refractivity contribution >= 4 is 0 Å². The van der Waals surface area contributed by atoms with Crippen LogP contribution in [0.25, 0.3) is 66.8 Å². The highest BCUT2D eigenvalue weighted by Gasteiger charge is 2.46. The summed E-state index contributed by atoms with van der Waals surface area (Å²) in [7, 11) is 0. The van der Waals surface area contributed by atoms with E-state index >= 15 is 0 Å². The molecule has 1 aliphatic rings. The third-order valence-electron chi connectivity index (χ3n) is 12.4. The van der Waals surface area contributed by atoms with Gasteiger partial charge in [-0.1, -0.05) is 182 Å². The van der Waals surface area contributed by atoms with Gasteiger partial charge in [0.1, 0.15) is 0 Å². The molecule has 1 nitrogen and oxygen atoms in total. The molecule has 0 aliphatic carbocycles. The summed E-state index contributed by atoms with van der Waals surface area (Å²) in [5.74, 6) is 0. The number of nitrogens with one attached hydrogen (secondary N) is 1. The zero-order chi connectivity index (χ0) is 40.1. The van der Waals surface area contributed by atoms with Crippen molar-refractivity contribution < 1.29 is 0 Å². The Bertz CT molecular complexity index is 2350. The van der Waals surface area contributed by atoms with Crippen molar-refractivity contribution in [2.45, 2.75) is 24.3 Å². The van der Waals surface area contributed by atoms with Gasteiger partial charge in [0.25, 0.3) is 0 Å². The minimum atomic E-state index is -0.631. The van der Waals surface area contributed by atoms with Crippen LogP contribution in [-0.2, 0) is 5.41 Å². The molecule has 0 amide bonds. The number of rotatable bonds is 10. The topological polar surface area (TPSA) is 12.0 Å². The first-order valence-corrected chi connectivity index (χ1v) is 21.2. The van der Waals surface area contributed by atoms with E-state index in [0.29, 0.717) is 0 Å². The van der Waals surface area contributed by atoms with Crippen molar-refractivity contribution in [1.29, 1.82) is 0 Å². The zero-order valence-corrected chi connectivity index (χ0v) is 33.7. The first kappa shape index (κ1) is 37.2. The zero-order valence-electron chi connectivity index (χ0n) is 33.7. The molecule has 1 heterocycles. The van der Waals surface area contributed by atoms with E-state index in [2.05, 4.69) is 242 Å². The van der Waals surface area contributed by atoms with Crippen LogP contribution in [0.2, 0.25) is 0 Å². The summed E-state index contributed by atoms with van der Waals surface area (Å²) >= 11 is 0. The van der Waals surface area contributed by atoms with Gasteiger partial charge >= 0.3 is 0 Å². The highest BCUT2D eigenvalue weighted by atomic mass is 15.0. The van der Waals surface area contributed by atoms with E-state index in [0.717, 1.165) is 19.4 Å². The van der Waals surface area contributed by atoms with Gasteiger partial charge < -0.3 is 5.32 Å². The molecule has 1 aliphatic heterocycles. The van der Waals surface area contributed by atoms with Gasteiger partial charge in [-0.25, -0.2) is 0 Å². The van der Waals surface area contributed by atoms with E-state index in [4.69, 9.17) is 0 Å². The molecule has 288 valence electrons. The van der Waals surface area contributed by atoms with Crippen molar-refractivity contribution in [2.24, 2.45) is 0 Å². The molecule has 0 spiro atoms. The predicted octanol–water partition coefficient (Wildman–Crippen LogP) is 14.8. The van der Waals surface area contributed by atoms with E-state index < -0.39 is 5.41 Å². The molecule has 0 radical (unpaired) electrons. The molecular formula is C59H47N. The maximum atomic E-state index is 4.15. The van der Waals surface area contributed by atoms with Crippen LogP contribution in [0.15, 0.2) is 237 Å². The molecule has 1 N–H and O–H groups in total. The Morgan fingerprint density at radius 3 is 0.717 bits per heavy atom. The van der Waals surface area contributed by atoms with Gasteiger partial charge in [-0.2, -0.15) is 0 Å². The van der Waals surface area contributed by atoms with E-state index in [1.54, 1.807) is 0 Å². The molecule has 0 aromatic heterocycles. The molecule has 9 aromatic rings. The van der Waals surface area contributed by atoms with Crippen molar-refractivity contribution in [3.8, 4) is 66.8 Å². The molecule has 0 bridgehead atoms. The fourth-order valence-electron chi connectivity index (χ4n) is 9.51. The summed E-state index contributed by atoms with van der Waals surface area (Å²) in [6.45, 7) is 0.962. The molecule has 10 rings (SSSR count). The minimum absolute atomic E-state index is 0.0939. The monoisotopic (exact) mass is 769 g/mol. The van der Waals surface area contributed by atoms with E-state index in [9.17, 15) is 0 Å². The van der Waals surface area contributed by atoms with E-state index in [1.807, 2.05) is 0 Å². The van der Waals surface area contributed by atoms with Crippen LogP contribution in [0.4, 0.5) is 0 Å². The second kappa shape index (κ2) is 16.7. The maximum absolute atomic E-state index is 4.15. The summed E-state index contributed by atoms with van der Waals surface area (Å²) < 4.78 is 0. The molecular weight excluding hydrogens is 723 g/mol. The lowest BCUT2D eigenvalue weighted by atomic mass is 9.62. The van der Waals surface area contributed by atoms with Crippen molar-refractivity contribution in [3.05, 3.63) is 253 Å². The van der Waals surface area contributed by atoms with Gasteiger partial charge in [0.05, 0.1) is 5.41 Å². The van der Waals surface area contributed by atoms with Crippen molar-refractivity contribution in [1.82, 2.24) is 5.32 Å². The Kier molecular flexibility index (Phi) is 10.3. The Morgan fingerprint density at radius 1 is 0.283 bits per heavy atom. The Hall–Kier alpha value is -7.06. The lowest BCUT2D eigenvalue weighted by Crippen LogP contribution is -2.47. The Labute approximate surface area is 354 Å². The lowest BCUT2D eigenvalue weighted by molar-refractivity contribution is 0.436. The molecule has 1 unspecified atom stereocenters. The lowest BCUT2D eigenvalue weighted by Gasteiger charge is -2.43. The fraction of sp³-hybridized carbons (Fsp3) is 0.0847. The van der Waals surface area contributed by atoms with E-state index in [-0.39, 0.29) is 6.04 Å². The first-order valence-electron chi connectivity index (χ1n) is 21.2. The standard InChI is InChI=1S/C59H47N/c1-7-20-43(21-8-1)49-34-50(44-22-9-2-10-23-44)38-55(37-49)59(58-32-19-33-60-58,56-39-51(45-24-11-3-12-25-45)35-52(40-56)46-26-13-4-14-27-46)57-41-53(47-28-15-5-16-29-47)36-54(42-57)48-30-17-6-18-31-48/h1-18,20-31,34-42,58,60H,19,32-33H2. The largest absolute Gasteiger partial charge is 0.312 e. The van der Waals surface area contributed by atoms with Crippen molar-refractivity contribution in [2.75, 3.05) is 6.54 Å². The summed E-state index contributed by atoms with van der Waals surface area (Å²) in [5.41, 5.74) is 17.7. The van der Waals surface area contributed by atoms with Gasteiger partial charge in [0.2, 0.25) is 0 Å². The summed E-state index contributed by atoms with van der Waals surface area (Å²) in [6, 6.07) is 87.7. The quantitative estimate of drug-likeness (QED) is 0.137. The molecule has 1 fully saturated rings. The highest BCUT2D eigenvalue weighted by Crippen LogP contribution is 2.50. The third-order valence-corrected chi connectivity index (χ3v) is 12.4. The summed E-state index contributed by atoms with van der Waals surface area (Å²) in [4.78, 5) is 0. The van der Waals surface area contributed by atoms with Crippen LogP contribution in [-0.4, -0.2) is 12.6 Å². The Balaban J connectivity index is 1.37. The summed E-state index contributed by atoms with van der Waals surface area (Å²) in [5, 5.41) is 4.15. The molecule has 60 heavy (non-hydrogen) atoms. The predicted molar refractivity (Wildman–Crippen MR) is 253 cm³/mol. The summed E-state index contributed by atoms with van der Waals surface area (Å²) in [6.07, 6.45) is 2.13. The smallest absolute Gasteiger partial charge is 0.0605 e. The number of hydrogen-bond donors (Lipinski definition) is 1. The third kappa shape index (κ3) is 7.30. The number of benzene rings is 9. The van der Waals surface area contributed by atoms with Gasteiger partial charge in [0, 0.05) is 6.04 Å². The number of hydrogen-bond acceptors (Lipinski definition) is 1. The van der Waals surface area contributed by atoms with Crippen LogP contribution in [0.5, 0.6) is 0 Å². The van der Waals surface area contributed by atoms with Crippen molar-refractivity contribution in [3.63, 3.8) is 0 Å². The molecule has 0 saturated carbocycles. The molecule has 9 aromatic carbocycles. The van der Waals surface area contributed by atoms with Crippen LogP contribution in [0, 0.1) is 0 Å². The average molecular weight is 770 g/mol. The molecule has 1 atom stereocenters. The van der Waals surface area contributed by atoms with Crippen LogP contribution < -0.4 is 5.32 Å². The minimum Gasteiger partial charge on any atom is -0.312 e. The normalized spacial score (nSPS) is 13.9. The SMILES string of the molecule is c1ccc(-c2cc(-c3ccccc3)cc(C(c3cc(-c4ccccc4)cc(-c4ccccc4)c3)(c3cc(-c4ccccc4)cc(-c4ccccc4)c3)C3CCCN3)c2)cc1. The van der Waals surface area contributed by atoms with Gasteiger partial charge in [0.15, 0.2) is 0 Å². The van der Waals surface area contributed by atoms with E-state index in [1.165, 1.54) is 83.5 Å². The Morgan fingerprint density at radius 2 is 0.517 bits per heavy atom. The second-order valence-corrected chi connectivity index (χ2v) is 16.1. The molecule has 1 saturated heterocycles. The van der Waals surface area contributed by atoms with Gasteiger partial charge in [-0.3, -0.25) is 0 Å². The maximum Gasteiger partial charge on any atom is 0.0605 e. The van der Waals surface area contributed by atoms with Crippen LogP contribution >= 0.6 is 0 Å². The average Bonchev–Trinajstić information content (AvgIpc) is 3.89. The highest BCUT2D eigenvalue weighted by molar-refractivity contribution is 5.81. The van der Waals surface area contributed by atoms with Crippen LogP contribution in [0.1, 0.15) is 29.5 Å². The van der Waals surface area contributed by atoms with Gasteiger partial charge in [-0.05, 0) is 157 Å². The fourth-order valence-corrected chi connectivity index (χ4v) is 9.51. The first-order chi connectivity index (χ1) is 29.7.